The van der Waals surface area contributed by atoms with Gasteiger partial charge in [-0.2, -0.15) is 13.2 Å². The number of carboxylic acids is 1. The van der Waals surface area contributed by atoms with Crippen molar-refractivity contribution in [2.24, 2.45) is 11.8 Å². The Bertz CT molecular complexity index is 1510. The van der Waals surface area contributed by atoms with Crippen LogP contribution in [-0.2, 0) is 9.59 Å². The standard InChI is InChI=1S/C27H30F6N6O5/c1-12(9-18(40)41)11-34-24(42)16(10-27(31,32)33)15-3-4-17-22(19(15)28)36-23(35-17)21(14-5-7-26(29,30)8-6-14)37-25(43)20-13(2)38-44-39-20/h3-4,12,14,16,21H,5-11H2,1-2H3,(H,34,42)(H,35,36)(H,37,43)(H,40,41)/t12?,16?,21-/m0/s1. The molecule has 1 saturated carbocycles. The third kappa shape index (κ3) is 7.85. The number of amides is 2. The largest absolute Gasteiger partial charge is 0.481 e. The average Bonchev–Trinajstić information content (AvgIpc) is 3.55. The van der Waals surface area contributed by atoms with Gasteiger partial charge in [0.15, 0.2) is 11.5 Å². The molecule has 1 aliphatic rings. The van der Waals surface area contributed by atoms with Gasteiger partial charge in [-0.05, 0) is 42.8 Å². The minimum absolute atomic E-state index is 0.0209. The number of hydrogen-bond donors (Lipinski definition) is 4. The fourth-order valence-corrected chi connectivity index (χ4v) is 5.29. The Balaban J connectivity index is 1.68. The maximum Gasteiger partial charge on any atom is 0.390 e. The van der Waals surface area contributed by atoms with Crippen LogP contribution in [0.15, 0.2) is 16.8 Å². The van der Waals surface area contributed by atoms with E-state index in [1.807, 2.05) is 0 Å². The summed E-state index contributed by atoms with van der Waals surface area (Å²) in [5, 5.41) is 20.9. The number of carbonyl (C=O) groups excluding carboxylic acids is 2. The van der Waals surface area contributed by atoms with Crippen molar-refractivity contribution < 1.29 is 50.5 Å². The first-order chi connectivity index (χ1) is 20.5. The van der Waals surface area contributed by atoms with Gasteiger partial charge in [0.05, 0.1) is 23.9 Å². The molecule has 3 aromatic rings. The van der Waals surface area contributed by atoms with Crippen LogP contribution in [0.4, 0.5) is 26.3 Å². The van der Waals surface area contributed by atoms with Crippen molar-refractivity contribution in [1.82, 2.24) is 30.9 Å². The van der Waals surface area contributed by atoms with Crippen LogP contribution in [0.1, 0.15) is 85.0 Å². The number of fused-ring (bicyclic) bond motifs is 1. The lowest BCUT2D eigenvalue weighted by atomic mass is 9.81. The lowest BCUT2D eigenvalue weighted by Gasteiger charge is -2.33. The molecule has 17 heteroatoms. The molecule has 3 atom stereocenters. The van der Waals surface area contributed by atoms with Crippen molar-refractivity contribution in [3.05, 3.63) is 40.7 Å². The van der Waals surface area contributed by atoms with Crippen molar-refractivity contribution in [1.29, 1.82) is 0 Å². The number of aliphatic carboxylic acids is 1. The number of benzene rings is 1. The van der Waals surface area contributed by atoms with E-state index >= 15 is 4.39 Å². The molecular weight excluding hydrogens is 602 g/mol. The molecule has 2 unspecified atom stereocenters. The molecule has 1 fully saturated rings. The first-order valence-corrected chi connectivity index (χ1v) is 13.8. The Labute approximate surface area is 246 Å². The summed E-state index contributed by atoms with van der Waals surface area (Å²) in [4.78, 5) is 43.8. The lowest BCUT2D eigenvalue weighted by Crippen LogP contribution is -2.38. The molecule has 0 spiro atoms. The normalized spacial score (nSPS) is 17.6. The van der Waals surface area contributed by atoms with Crippen LogP contribution >= 0.6 is 0 Å². The molecule has 1 aromatic carbocycles. The molecule has 2 heterocycles. The number of aryl methyl sites for hydroxylation is 1. The van der Waals surface area contributed by atoms with Gasteiger partial charge in [-0.25, -0.2) is 22.8 Å². The van der Waals surface area contributed by atoms with Gasteiger partial charge in [0.1, 0.15) is 17.0 Å². The Hall–Kier alpha value is -4.18. The van der Waals surface area contributed by atoms with Gasteiger partial charge in [-0.3, -0.25) is 14.4 Å². The van der Waals surface area contributed by atoms with Crippen LogP contribution in [0.2, 0.25) is 0 Å². The average molecular weight is 633 g/mol. The highest BCUT2D eigenvalue weighted by atomic mass is 19.4. The van der Waals surface area contributed by atoms with Crippen molar-refractivity contribution in [2.45, 2.75) is 76.4 Å². The van der Waals surface area contributed by atoms with Gasteiger partial charge >= 0.3 is 12.1 Å². The number of halogens is 6. The molecule has 0 saturated heterocycles. The second-order valence-corrected chi connectivity index (χ2v) is 11.1. The van der Waals surface area contributed by atoms with Crippen LogP contribution in [0.5, 0.6) is 0 Å². The molecule has 4 N–H and O–H groups in total. The number of alkyl halides is 5. The highest BCUT2D eigenvalue weighted by Crippen LogP contribution is 2.42. The summed E-state index contributed by atoms with van der Waals surface area (Å²) in [6, 6.07) is 1.19. The van der Waals surface area contributed by atoms with E-state index < -0.39 is 89.8 Å². The van der Waals surface area contributed by atoms with E-state index in [2.05, 4.69) is 35.5 Å². The van der Waals surface area contributed by atoms with Crippen LogP contribution in [0, 0.1) is 24.6 Å². The van der Waals surface area contributed by atoms with Crippen molar-refractivity contribution in [3.63, 3.8) is 0 Å². The number of carbonyl (C=O) groups is 3. The first-order valence-electron chi connectivity index (χ1n) is 13.8. The maximum atomic E-state index is 15.9. The topological polar surface area (TPSA) is 163 Å². The Morgan fingerprint density at radius 2 is 1.86 bits per heavy atom. The Morgan fingerprint density at radius 3 is 2.45 bits per heavy atom. The van der Waals surface area contributed by atoms with Crippen molar-refractivity contribution in [2.75, 3.05) is 6.54 Å². The molecule has 0 radical (unpaired) electrons. The molecule has 2 amide bonds. The minimum atomic E-state index is -4.86. The molecule has 0 aliphatic heterocycles. The molecule has 240 valence electrons. The van der Waals surface area contributed by atoms with Gasteiger partial charge in [0.25, 0.3) is 5.91 Å². The zero-order chi connectivity index (χ0) is 32.4. The van der Waals surface area contributed by atoms with Gasteiger partial charge in [0.2, 0.25) is 11.8 Å². The summed E-state index contributed by atoms with van der Waals surface area (Å²) in [6.45, 7) is 2.69. The zero-order valence-corrected chi connectivity index (χ0v) is 23.6. The number of imidazole rings is 1. The molecule has 0 bridgehead atoms. The Kier molecular flexibility index (Phi) is 9.53. The number of rotatable bonds is 11. The number of aromatic nitrogens is 4. The summed E-state index contributed by atoms with van der Waals surface area (Å²) in [5.41, 5.74) is -1.00. The van der Waals surface area contributed by atoms with Crippen LogP contribution in [-0.4, -0.2) is 61.8 Å². The predicted octanol–water partition coefficient (Wildman–Crippen LogP) is 4.95. The van der Waals surface area contributed by atoms with Gasteiger partial charge < -0.3 is 20.7 Å². The van der Waals surface area contributed by atoms with Crippen LogP contribution in [0.25, 0.3) is 11.0 Å². The SMILES string of the molecule is Cc1nonc1C(=O)N[C@H](c1nc2c(F)c(C(CC(F)(F)F)C(=O)NCC(C)CC(=O)O)ccc2[nH]1)C1CCC(F)(F)CC1. The Morgan fingerprint density at radius 1 is 1.18 bits per heavy atom. The number of nitrogens with zero attached hydrogens (tertiary/aromatic N) is 3. The summed E-state index contributed by atoms with van der Waals surface area (Å²) in [5.74, 6) is -10.4. The fourth-order valence-electron chi connectivity index (χ4n) is 5.29. The number of hydrogen-bond acceptors (Lipinski definition) is 7. The third-order valence-electron chi connectivity index (χ3n) is 7.60. The summed E-state index contributed by atoms with van der Waals surface area (Å²) < 4.78 is 88.8. The van der Waals surface area contributed by atoms with Gasteiger partial charge in [-0.1, -0.05) is 18.1 Å². The molecule has 2 aromatic heterocycles. The number of carboxylic acid groups (broad SMARTS) is 1. The number of aromatic amines is 1. The smallest absolute Gasteiger partial charge is 0.390 e. The monoisotopic (exact) mass is 632 g/mol. The van der Waals surface area contributed by atoms with Crippen LogP contribution < -0.4 is 10.6 Å². The summed E-state index contributed by atoms with van der Waals surface area (Å²) >= 11 is 0. The highest BCUT2D eigenvalue weighted by Gasteiger charge is 2.41. The highest BCUT2D eigenvalue weighted by molar-refractivity contribution is 5.93. The summed E-state index contributed by atoms with van der Waals surface area (Å²) in [6.07, 6.45) is -7.88. The van der Waals surface area contributed by atoms with Gasteiger partial charge in [0, 0.05) is 31.4 Å². The fraction of sp³-hybridized carbons (Fsp3) is 0.556. The van der Waals surface area contributed by atoms with E-state index in [1.165, 1.54) is 19.9 Å². The van der Waals surface area contributed by atoms with E-state index in [-0.39, 0.29) is 48.5 Å². The van der Waals surface area contributed by atoms with E-state index in [9.17, 15) is 36.3 Å². The van der Waals surface area contributed by atoms with E-state index in [0.29, 0.717) is 0 Å². The number of H-pyrrole nitrogens is 1. The minimum Gasteiger partial charge on any atom is -0.481 e. The second kappa shape index (κ2) is 12.8. The summed E-state index contributed by atoms with van der Waals surface area (Å²) in [7, 11) is 0. The quantitative estimate of drug-likeness (QED) is 0.216. The maximum absolute atomic E-state index is 15.9. The lowest BCUT2D eigenvalue weighted by molar-refractivity contribution is -0.148. The molecule has 44 heavy (non-hydrogen) atoms. The third-order valence-corrected chi connectivity index (χ3v) is 7.60. The molecule has 1 aliphatic carbocycles. The first kappa shape index (κ1) is 32.7. The predicted molar refractivity (Wildman–Crippen MR) is 140 cm³/mol. The second-order valence-electron chi connectivity index (χ2n) is 11.1. The molecule has 4 rings (SSSR count). The van der Waals surface area contributed by atoms with E-state index in [1.54, 1.807) is 0 Å². The molecule has 11 nitrogen and oxygen atoms in total. The van der Waals surface area contributed by atoms with Gasteiger partial charge in [-0.15, -0.1) is 0 Å². The van der Waals surface area contributed by atoms with E-state index in [4.69, 9.17) is 5.11 Å². The van der Waals surface area contributed by atoms with Crippen LogP contribution in [0.3, 0.4) is 0 Å². The van der Waals surface area contributed by atoms with Crippen molar-refractivity contribution in [3.8, 4) is 0 Å². The zero-order valence-electron chi connectivity index (χ0n) is 23.6. The number of nitrogens with one attached hydrogen (secondary N) is 3. The van der Waals surface area contributed by atoms with E-state index in [0.717, 1.165) is 6.07 Å². The molecular formula is C27H30F6N6O5. The van der Waals surface area contributed by atoms with Crippen molar-refractivity contribution >= 4 is 28.8 Å².